The molecule has 0 aliphatic rings. The SMILES string of the molecule is CCN(CC#N)C(=O)Cn1ccc2ccccc2c1=O. The van der Waals surface area contributed by atoms with E-state index in [4.69, 9.17) is 5.26 Å². The molecule has 1 aromatic heterocycles. The van der Waals surface area contributed by atoms with Crippen molar-refractivity contribution in [1.82, 2.24) is 9.47 Å². The van der Waals surface area contributed by atoms with Gasteiger partial charge in [0.2, 0.25) is 5.91 Å². The minimum atomic E-state index is -0.230. The van der Waals surface area contributed by atoms with Crippen molar-refractivity contribution in [2.24, 2.45) is 0 Å². The van der Waals surface area contributed by atoms with Gasteiger partial charge in [-0.15, -0.1) is 0 Å². The lowest BCUT2D eigenvalue weighted by Crippen LogP contribution is -2.36. The lowest BCUT2D eigenvalue weighted by atomic mass is 10.2. The summed E-state index contributed by atoms with van der Waals surface area (Å²) < 4.78 is 1.38. The molecular formula is C15H15N3O2. The third-order valence-electron chi connectivity index (χ3n) is 3.19. The number of hydrogen-bond acceptors (Lipinski definition) is 3. The Balaban J connectivity index is 2.31. The highest BCUT2D eigenvalue weighted by atomic mass is 16.2. The molecule has 0 spiro atoms. The van der Waals surface area contributed by atoms with E-state index in [1.165, 1.54) is 9.47 Å². The summed E-state index contributed by atoms with van der Waals surface area (Å²) in [7, 11) is 0. The number of nitriles is 1. The summed E-state index contributed by atoms with van der Waals surface area (Å²) in [6.45, 7) is 2.25. The average Bonchev–Trinajstić information content (AvgIpc) is 2.47. The Morgan fingerprint density at radius 3 is 2.80 bits per heavy atom. The zero-order valence-electron chi connectivity index (χ0n) is 11.2. The zero-order chi connectivity index (χ0) is 14.5. The van der Waals surface area contributed by atoms with E-state index in [0.717, 1.165) is 5.39 Å². The fourth-order valence-electron chi connectivity index (χ4n) is 2.06. The summed E-state index contributed by atoms with van der Waals surface area (Å²) in [4.78, 5) is 25.7. The fraction of sp³-hybridized carbons (Fsp3) is 0.267. The van der Waals surface area contributed by atoms with Crippen LogP contribution in [0.4, 0.5) is 0 Å². The van der Waals surface area contributed by atoms with Crippen molar-refractivity contribution in [3.63, 3.8) is 0 Å². The number of carbonyl (C=O) groups is 1. The predicted octanol–water partition coefficient (Wildman–Crippen LogP) is 1.37. The summed E-state index contributed by atoms with van der Waals surface area (Å²) in [5.74, 6) is -0.230. The second-order valence-corrected chi connectivity index (χ2v) is 4.40. The molecule has 2 aromatic rings. The molecule has 0 fully saturated rings. The molecule has 1 amide bonds. The third-order valence-corrected chi connectivity index (χ3v) is 3.19. The Morgan fingerprint density at radius 2 is 2.10 bits per heavy atom. The van der Waals surface area contributed by atoms with Crippen LogP contribution in [0, 0.1) is 11.3 Å². The average molecular weight is 269 g/mol. The van der Waals surface area contributed by atoms with E-state index >= 15 is 0 Å². The van der Waals surface area contributed by atoms with Gasteiger partial charge in [0.25, 0.3) is 5.56 Å². The summed E-state index contributed by atoms with van der Waals surface area (Å²) in [5, 5.41) is 10.1. The smallest absolute Gasteiger partial charge is 0.258 e. The van der Waals surface area contributed by atoms with Crippen molar-refractivity contribution < 1.29 is 4.79 Å². The Kier molecular flexibility index (Phi) is 4.16. The lowest BCUT2D eigenvalue weighted by Gasteiger charge is -2.17. The number of aromatic nitrogens is 1. The molecule has 2 rings (SSSR count). The Morgan fingerprint density at radius 1 is 1.35 bits per heavy atom. The molecule has 0 aliphatic carbocycles. The van der Waals surface area contributed by atoms with Gasteiger partial charge in [0.15, 0.2) is 0 Å². The summed E-state index contributed by atoms with van der Waals surface area (Å²) in [5.41, 5.74) is -0.190. The van der Waals surface area contributed by atoms with Crippen molar-refractivity contribution in [3.05, 3.63) is 46.9 Å². The van der Waals surface area contributed by atoms with Gasteiger partial charge in [-0.05, 0) is 24.4 Å². The van der Waals surface area contributed by atoms with Crippen LogP contribution in [0.15, 0.2) is 41.3 Å². The number of nitrogens with zero attached hydrogens (tertiary/aromatic N) is 3. The molecule has 0 saturated heterocycles. The summed E-state index contributed by atoms with van der Waals surface area (Å²) in [6, 6.07) is 11.0. The quantitative estimate of drug-likeness (QED) is 0.787. The molecule has 0 unspecified atom stereocenters. The van der Waals surface area contributed by atoms with Gasteiger partial charge in [-0.2, -0.15) is 5.26 Å². The number of hydrogen-bond donors (Lipinski definition) is 0. The maximum Gasteiger partial charge on any atom is 0.258 e. The van der Waals surface area contributed by atoms with Crippen molar-refractivity contribution in [2.45, 2.75) is 13.5 Å². The topological polar surface area (TPSA) is 66.1 Å². The number of pyridine rings is 1. The van der Waals surface area contributed by atoms with Crippen molar-refractivity contribution in [3.8, 4) is 6.07 Å². The zero-order valence-corrected chi connectivity index (χ0v) is 11.2. The molecule has 1 heterocycles. The molecule has 102 valence electrons. The standard InChI is InChI=1S/C15H15N3O2/c1-2-17(10-8-16)14(19)11-18-9-7-12-5-3-4-6-13(12)15(18)20/h3-7,9H,2,10-11H2,1H3. The van der Waals surface area contributed by atoms with Gasteiger partial charge in [-0.25, -0.2) is 0 Å². The summed E-state index contributed by atoms with van der Waals surface area (Å²) >= 11 is 0. The molecular weight excluding hydrogens is 254 g/mol. The van der Waals surface area contributed by atoms with E-state index in [1.807, 2.05) is 24.3 Å². The van der Waals surface area contributed by atoms with E-state index in [2.05, 4.69) is 0 Å². The number of benzene rings is 1. The van der Waals surface area contributed by atoms with Gasteiger partial charge in [0, 0.05) is 18.1 Å². The number of rotatable bonds is 4. The Labute approximate surface area is 116 Å². The van der Waals surface area contributed by atoms with E-state index in [1.54, 1.807) is 25.3 Å². The van der Waals surface area contributed by atoms with Crippen LogP contribution in [0.3, 0.4) is 0 Å². The van der Waals surface area contributed by atoms with Crippen LogP contribution in [0.1, 0.15) is 6.92 Å². The van der Waals surface area contributed by atoms with Crippen LogP contribution in [0.5, 0.6) is 0 Å². The molecule has 0 radical (unpaired) electrons. The molecule has 5 heteroatoms. The number of carbonyl (C=O) groups excluding carboxylic acids is 1. The first kappa shape index (κ1) is 13.8. The number of likely N-dealkylation sites (N-methyl/N-ethyl adjacent to an activating group) is 1. The molecule has 0 atom stereocenters. The van der Waals surface area contributed by atoms with Gasteiger partial charge in [-0.3, -0.25) is 9.59 Å². The normalized spacial score (nSPS) is 10.2. The highest BCUT2D eigenvalue weighted by Crippen LogP contribution is 2.08. The molecule has 0 bridgehead atoms. The van der Waals surface area contributed by atoms with Crippen molar-refractivity contribution in [2.75, 3.05) is 13.1 Å². The Bertz CT molecular complexity index is 728. The molecule has 5 nitrogen and oxygen atoms in total. The Hall–Kier alpha value is -2.61. The molecule has 0 saturated carbocycles. The highest BCUT2D eigenvalue weighted by molar-refractivity contribution is 5.82. The van der Waals surface area contributed by atoms with Gasteiger partial charge in [0.05, 0.1) is 6.07 Å². The third kappa shape index (κ3) is 2.69. The van der Waals surface area contributed by atoms with Crippen molar-refractivity contribution >= 4 is 16.7 Å². The lowest BCUT2D eigenvalue weighted by molar-refractivity contribution is -0.131. The number of fused-ring (bicyclic) bond motifs is 1. The van der Waals surface area contributed by atoms with E-state index in [9.17, 15) is 9.59 Å². The molecule has 0 N–H and O–H groups in total. The minimum Gasteiger partial charge on any atom is -0.328 e. The van der Waals surface area contributed by atoms with Crippen LogP contribution in [0.25, 0.3) is 10.8 Å². The van der Waals surface area contributed by atoms with Crippen LogP contribution in [-0.2, 0) is 11.3 Å². The largest absolute Gasteiger partial charge is 0.328 e. The first-order valence-corrected chi connectivity index (χ1v) is 6.40. The second-order valence-electron chi connectivity index (χ2n) is 4.40. The number of amides is 1. The predicted molar refractivity (Wildman–Crippen MR) is 76.1 cm³/mol. The van der Waals surface area contributed by atoms with E-state index in [-0.39, 0.29) is 24.6 Å². The van der Waals surface area contributed by atoms with Crippen LogP contribution in [-0.4, -0.2) is 28.5 Å². The first-order valence-electron chi connectivity index (χ1n) is 6.40. The summed E-state index contributed by atoms with van der Waals surface area (Å²) in [6.07, 6.45) is 1.61. The second kappa shape index (κ2) is 6.02. The van der Waals surface area contributed by atoms with E-state index < -0.39 is 0 Å². The first-order chi connectivity index (χ1) is 9.67. The van der Waals surface area contributed by atoms with Crippen LogP contribution >= 0.6 is 0 Å². The van der Waals surface area contributed by atoms with Gasteiger partial charge in [-0.1, -0.05) is 18.2 Å². The van der Waals surface area contributed by atoms with Gasteiger partial charge >= 0.3 is 0 Å². The molecule has 1 aromatic carbocycles. The van der Waals surface area contributed by atoms with Gasteiger partial charge in [0.1, 0.15) is 13.1 Å². The van der Waals surface area contributed by atoms with E-state index in [0.29, 0.717) is 11.9 Å². The maximum absolute atomic E-state index is 12.3. The van der Waals surface area contributed by atoms with Crippen molar-refractivity contribution in [1.29, 1.82) is 5.26 Å². The van der Waals surface area contributed by atoms with Crippen LogP contribution < -0.4 is 5.56 Å². The van der Waals surface area contributed by atoms with Crippen LogP contribution in [0.2, 0.25) is 0 Å². The van der Waals surface area contributed by atoms with Gasteiger partial charge < -0.3 is 9.47 Å². The minimum absolute atomic E-state index is 0.0394. The fourth-order valence-corrected chi connectivity index (χ4v) is 2.06. The maximum atomic E-state index is 12.3. The monoisotopic (exact) mass is 269 g/mol. The highest BCUT2D eigenvalue weighted by Gasteiger charge is 2.13. The molecule has 0 aliphatic heterocycles. The molecule has 20 heavy (non-hydrogen) atoms.